The zero-order chi connectivity index (χ0) is 15.5. The average Bonchev–Trinajstić information content (AvgIpc) is 3.31. The standard InChI is InChI=1S/C15H17N5OS2/c1-6-22-9-12(1)15-17-14(21-18-15)8-20-4-2-19(3-5-20)7-13-10-23-11-16-13/h1,6,9-11H,2-5,7-8H2. The van der Waals surface area contributed by atoms with Gasteiger partial charge in [0.15, 0.2) is 0 Å². The highest BCUT2D eigenvalue weighted by Gasteiger charge is 2.20. The Balaban J connectivity index is 1.29. The van der Waals surface area contributed by atoms with Gasteiger partial charge in [0.1, 0.15) is 0 Å². The predicted molar refractivity (Wildman–Crippen MR) is 90.3 cm³/mol. The highest BCUT2D eigenvalue weighted by atomic mass is 32.1. The number of hydrogen-bond donors (Lipinski definition) is 0. The number of thiophene rings is 1. The molecule has 4 heterocycles. The molecule has 23 heavy (non-hydrogen) atoms. The van der Waals surface area contributed by atoms with E-state index in [1.807, 2.05) is 22.3 Å². The minimum absolute atomic E-state index is 0.684. The van der Waals surface area contributed by atoms with Crippen LogP contribution in [0.4, 0.5) is 0 Å². The van der Waals surface area contributed by atoms with Gasteiger partial charge in [0.05, 0.1) is 17.7 Å². The molecule has 0 unspecified atom stereocenters. The molecular formula is C15H17N5OS2. The second-order valence-electron chi connectivity index (χ2n) is 5.56. The first kappa shape index (κ1) is 14.9. The maximum absolute atomic E-state index is 5.38. The largest absolute Gasteiger partial charge is 0.338 e. The topological polar surface area (TPSA) is 58.3 Å². The summed E-state index contributed by atoms with van der Waals surface area (Å²) in [5.74, 6) is 1.38. The van der Waals surface area contributed by atoms with Gasteiger partial charge in [0, 0.05) is 49.0 Å². The number of rotatable bonds is 5. The summed E-state index contributed by atoms with van der Waals surface area (Å²) < 4.78 is 5.38. The number of piperazine rings is 1. The Morgan fingerprint density at radius 2 is 1.87 bits per heavy atom. The van der Waals surface area contributed by atoms with Gasteiger partial charge in [-0.25, -0.2) is 4.98 Å². The van der Waals surface area contributed by atoms with E-state index < -0.39 is 0 Å². The third-order valence-corrected chi connectivity index (χ3v) is 5.26. The molecule has 6 nitrogen and oxygen atoms in total. The zero-order valence-electron chi connectivity index (χ0n) is 12.6. The molecule has 1 fully saturated rings. The fourth-order valence-corrected chi connectivity index (χ4v) is 3.85. The fraction of sp³-hybridized carbons (Fsp3) is 0.400. The summed E-state index contributed by atoms with van der Waals surface area (Å²) in [5.41, 5.74) is 4.09. The van der Waals surface area contributed by atoms with Gasteiger partial charge < -0.3 is 4.52 Å². The van der Waals surface area contributed by atoms with Crippen molar-refractivity contribution in [2.75, 3.05) is 26.2 Å². The van der Waals surface area contributed by atoms with E-state index in [0.29, 0.717) is 11.7 Å². The van der Waals surface area contributed by atoms with Crippen LogP contribution in [0.3, 0.4) is 0 Å². The van der Waals surface area contributed by atoms with E-state index in [9.17, 15) is 0 Å². The van der Waals surface area contributed by atoms with Crippen LogP contribution < -0.4 is 0 Å². The molecule has 8 heteroatoms. The first-order valence-corrected chi connectivity index (χ1v) is 9.42. The van der Waals surface area contributed by atoms with Crippen molar-refractivity contribution in [3.8, 4) is 11.4 Å². The maximum atomic E-state index is 5.38. The summed E-state index contributed by atoms with van der Waals surface area (Å²) in [6.45, 7) is 5.79. The van der Waals surface area contributed by atoms with Crippen LogP contribution in [-0.4, -0.2) is 51.1 Å². The van der Waals surface area contributed by atoms with Gasteiger partial charge in [-0.2, -0.15) is 16.3 Å². The van der Waals surface area contributed by atoms with Crippen LogP contribution in [0.15, 0.2) is 32.2 Å². The molecule has 0 N–H and O–H groups in total. The lowest BCUT2D eigenvalue weighted by Crippen LogP contribution is -2.45. The molecule has 0 amide bonds. The van der Waals surface area contributed by atoms with Gasteiger partial charge in [-0.3, -0.25) is 9.80 Å². The minimum atomic E-state index is 0.684. The molecule has 0 bridgehead atoms. The molecule has 3 aromatic rings. The fourth-order valence-electron chi connectivity index (χ4n) is 2.67. The molecule has 0 radical (unpaired) electrons. The van der Waals surface area contributed by atoms with Crippen LogP contribution >= 0.6 is 22.7 Å². The van der Waals surface area contributed by atoms with E-state index in [4.69, 9.17) is 4.52 Å². The van der Waals surface area contributed by atoms with Crippen LogP contribution in [-0.2, 0) is 13.1 Å². The summed E-state index contributed by atoms with van der Waals surface area (Å²) in [6.07, 6.45) is 0. The van der Waals surface area contributed by atoms with Crippen molar-refractivity contribution in [3.63, 3.8) is 0 Å². The van der Waals surface area contributed by atoms with Crippen LogP contribution in [0.2, 0.25) is 0 Å². The van der Waals surface area contributed by atoms with Crippen LogP contribution in [0, 0.1) is 0 Å². The quantitative estimate of drug-likeness (QED) is 0.707. The SMILES string of the molecule is c1cc(-c2noc(CN3CCN(Cc4cscn4)CC3)n2)cs1. The first-order valence-electron chi connectivity index (χ1n) is 7.54. The highest BCUT2D eigenvalue weighted by molar-refractivity contribution is 7.08. The summed E-state index contributed by atoms with van der Waals surface area (Å²) in [6, 6.07) is 2.01. The molecule has 0 aliphatic carbocycles. The van der Waals surface area contributed by atoms with Crippen LogP contribution in [0.5, 0.6) is 0 Å². The first-order chi connectivity index (χ1) is 11.4. The lowest BCUT2D eigenvalue weighted by Gasteiger charge is -2.33. The van der Waals surface area contributed by atoms with Crippen LogP contribution in [0.1, 0.15) is 11.6 Å². The van der Waals surface area contributed by atoms with E-state index in [-0.39, 0.29) is 0 Å². The second kappa shape index (κ2) is 6.88. The molecular weight excluding hydrogens is 330 g/mol. The summed E-state index contributed by atoms with van der Waals surface area (Å²) in [4.78, 5) is 13.7. The number of aromatic nitrogens is 3. The normalized spacial score (nSPS) is 16.9. The van der Waals surface area contributed by atoms with Gasteiger partial charge in [0.2, 0.25) is 11.7 Å². The molecule has 120 valence electrons. The molecule has 3 aromatic heterocycles. The monoisotopic (exact) mass is 347 g/mol. The van der Waals surface area contributed by atoms with Crippen LogP contribution in [0.25, 0.3) is 11.4 Å². The third-order valence-electron chi connectivity index (χ3n) is 3.94. The Morgan fingerprint density at radius 3 is 2.57 bits per heavy atom. The predicted octanol–water partition coefficient (Wildman–Crippen LogP) is 2.57. The molecule has 4 rings (SSSR count). The van der Waals surface area contributed by atoms with E-state index in [1.165, 1.54) is 5.69 Å². The smallest absolute Gasteiger partial charge is 0.241 e. The van der Waals surface area contributed by atoms with Crippen molar-refractivity contribution in [3.05, 3.63) is 39.3 Å². The van der Waals surface area contributed by atoms with E-state index in [2.05, 4.69) is 30.3 Å². The van der Waals surface area contributed by atoms with Crippen molar-refractivity contribution >= 4 is 22.7 Å². The maximum Gasteiger partial charge on any atom is 0.241 e. The van der Waals surface area contributed by atoms with Gasteiger partial charge in [-0.15, -0.1) is 11.3 Å². The lowest BCUT2D eigenvalue weighted by molar-refractivity contribution is 0.111. The molecule has 1 aliphatic rings. The molecule has 0 atom stereocenters. The summed E-state index contributed by atoms with van der Waals surface area (Å²) >= 11 is 3.30. The molecule has 0 saturated carbocycles. The molecule has 1 aliphatic heterocycles. The van der Waals surface area contributed by atoms with Gasteiger partial charge >= 0.3 is 0 Å². The minimum Gasteiger partial charge on any atom is -0.338 e. The van der Waals surface area contributed by atoms with Crippen molar-refractivity contribution in [2.45, 2.75) is 13.1 Å². The lowest BCUT2D eigenvalue weighted by atomic mass is 10.3. The number of hydrogen-bond acceptors (Lipinski definition) is 8. The summed E-state index contributed by atoms with van der Waals surface area (Å²) in [5, 5.41) is 10.2. The number of nitrogens with zero attached hydrogens (tertiary/aromatic N) is 5. The Morgan fingerprint density at radius 1 is 1.04 bits per heavy atom. The average molecular weight is 347 g/mol. The third kappa shape index (κ3) is 3.66. The Labute approximate surface area is 142 Å². The zero-order valence-corrected chi connectivity index (χ0v) is 14.2. The Hall–Kier alpha value is -1.61. The summed E-state index contributed by atoms with van der Waals surface area (Å²) in [7, 11) is 0. The van der Waals surface area contributed by atoms with Gasteiger partial charge in [-0.05, 0) is 11.4 Å². The molecule has 0 spiro atoms. The van der Waals surface area contributed by atoms with E-state index in [1.54, 1.807) is 22.7 Å². The molecule has 1 saturated heterocycles. The Bertz CT molecular complexity index is 717. The van der Waals surface area contributed by atoms with E-state index >= 15 is 0 Å². The van der Waals surface area contributed by atoms with Crippen molar-refractivity contribution in [1.29, 1.82) is 0 Å². The van der Waals surface area contributed by atoms with Crippen molar-refractivity contribution in [2.24, 2.45) is 0 Å². The molecule has 0 aromatic carbocycles. The second-order valence-corrected chi connectivity index (χ2v) is 7.05. The number of thiazole rings is 1. The van der Waals surface area contributed by atoms with Gasteiger partial charge in [-0.1, -0.05) is 5.16 Å². The van der Waals surface area contributed by atoms with E-state index in [0.717, 1.165) is 44.8 Å². The Kier molecular flexibility index (Phi) is 4.47. The van der Waals surface area contributed by atoms with Crippen molar-refractivity contribution < 1.29 is 4.52 Å². The highest BCUT2D eigenvalue weighted by Crippen LogP contribution is 2.19. The van der Waals surface area contributed by atoms with Crippen molar-refractivity contribution in [1.82, 2.24) is 24.9 Å². The van der Waals surface area contributed by atoms with Gasteiger partial charge in [0.25, 0.3) is 0 Å².